The summed E-state index contributed by atoms with van der Waals surface area (Å²) >= 11 is 0. The number of amides is 2. The molecule has 122 valence electrons. The smallest absolute Gasteiger partial charge is 0.329 e. The van der Waals surface area contributed by atoms with E-state index in [1.807, 2.05) is 6.92 Å². The lowest BCUT2D eigenvalue weighted by Crippen LogP contribution is -2.59. The maximum Gasteiger partial charge on any atom is 0.329 e. The third-order valence-corrected chi connectivity index (χ3v) is 4.83. The Hall–Kier alpha value is -2.37. The van der Waals surface area contributed by atoms with E-state index >= 15 is 0 Å². The standard InChI is InChI=1S/C17H20N2O4/c1-10-9-13(10)15(21)18-12-5-3-11(4-6-12)14(20)19-17(16(22)23)7-2-8-17/h3-6,10,13H,2,7-9H2,1H3,(H,18,21)(H,19,20)(H,22,23). The predicted molar refractivity (Wildman–Crippen MR) is 84.0 cm³/mol. The van der Waals surface area contributed by atoms with Crippen molar-refractivity contribution >= 4 is 23.5 Å². The molecule has 2 saturated carbocycles. The number of carbonyl (C=O) groups is 3. The Morgan fingerprint density at radius 2 is 1.78 bits per heavy atom. The van der Waals surface area contributed by atoms with Crippen molar-refractivity contribution in [2.24, 2.45) is 11.8 Å². The number of hydrogen-bond acceptors (Lipinski definition) is 3. The quantitative estimate of drug-likeness (QED) is 0.774. The van der Waals surface area contributed by atoms with Crippen LogP contribution in [0.15, 0.2) is 24.3 Å². The molecule has 0 aromatic heterocycles. The molecule has 23 heavy (non-hydrogen) atoms. The molecule has 6 nitrogen and oxygen atoms in total. The van der Waals surface area contributed by atoms with Gasteiger partial charge in [-0.1, -0.05) is 6.92 Å². The van der Waals surface area contributed by atoms with Crippen LogP contribution in [0.3, 0.4) is 0 Å². The summed E-state index contributed by atoms with van der Waals surface area (Å²) in [5, 5.41) is 14.7. The Bertz CT molecular complexity index is 649. The summed E-state index contributed by atoms with van der Waals surface area (Å²) in [6.45, 7) is 2.04. The third kappa shape index (κ3) is 3.06. The van der Waals surface area contributed by atoms with Crippen LogP contribution in [0.1, 0.15) is 43.0 Å². The molecule has 2 fully saturated rings. The fourth-order valence-corrected chi connectivity index (χ4v) is 2.84. The van der Waals surface area contributed by atoms with Gasteiger partial charge in [-0.2, -0.15) is 0 Å². The van der Waals surface area contributed by atoms with Crippen molar-refractivity contribution in [3.8, 4) is 0 Å². The largest absolute Gasteiger partial charge is 0.480 e. The minimum absolute atomic E-state index is 0.00833. The monoisotopic (exact) mass is 316 g/mol. The molecule has 0 saturated heterocycles. The Kier molecular flexibility index (Phi) is 3.83. The first-order chi connectivity index (χ1) is 10.9. The first-order valence-corrected chi connectivity index (χ1v) is 7.88. The van der Waals surface area contributed by atoms with Crippen LogP contribution in [-0.4, -0.2) is 28.4 Å². The molecule has 0 aliphatic heterocycles. The molecule has 2 aliphatic carbocycles. The van der Waals surface area contributed by atoms with Gasteiger partial charge in [0.25, 0.3) is 5.91 Å². The fraction of sp³-hybridized carbons (Fsp3) is 0.471. The number of benzene rings is 1. The van der Waals surface area contributed by atoms with Gasteiger partial charge in [-0.25, -0.2) is 4.79 Å². The fourth-order valence-electron chi connectivity index (χ4n) is 2.84. The van der Waals surface area contributed by atoms with Gasteiger partial charge < -0.3 is 15.7 Å². The number of carboxylic acid groups (broad SMARTS) is 1. The molecule has 1 aromatic rings. The van der Waals surface area contributed by atoms with Gasteiger partial charge in [-0.05, 0) is 55.9 Å². The molecule has 2 atom stereocenters. The molecule has 1 aromatic carbocycles. The molecular formula is C17H20N2O4. The second kappa shape index (κ2) is 5.68. The summed E-state index contributed by atoms with van der Waals surface area (Å²) in [4.78, 5) is 35.3. The van der Waals surface area contributed by atoms with Crippen LogP contribution < -0.4 is 10.6 Å². The maximum absolute atomic E-state index is 12.2. The van der Waals surface area contributed by atoms with Crippen LogP contribution in [0.4, 0.5) is 5.69 Å². The number of aliphatic carboxylic acids is 1. The number of carbonyl (C=O) groups excluding carboxylic acids is 2. The van der Waals surface area contributed by atoms with Crippen molar-refractivity contribution in [2.45, 2.75) is 38.1 Å². The third-order valence-electron chi connectivity index (χ3n) is 4.83. The van der Waals surface area contributed by atoms with E-state index in [9.17, 15) is 19.5 Å². The van der Waals surface area contributed by atoms with E-state index in [0.29, 0.717) is 30.0 Å². The van der Waals surface area contributed by atoms with Crippen molar-refractivity contribution < 1.29 is 19.5 Å². The van der Waals surface area contributed by atoms with E-state index in [0.717, 1.165) is 12.8 Å². The van der Waals surface area contributed by atoms with Crippen LogP contribution >= 0.6 is 0 Å². The molecule has 6 heteroatoms. The van der Waals surface area contributed by atoms with E-state index in [1.54, 1.807) is 24.3 Å². The number of rotatable bonds is 5. The highest BCUT2D eigenvalue weighted by Gasteiger charge is 2.45. The van der Waals surface area contributed by atoms with Gasteiger partial charge in [0.1, 0.15) is 5.54 Å². The molecule has 0 spiro atoms. The van der Waals surface area contributed by atoms with E-state index in [4.69, 9.17) is 0 Å². The van der Waals surface area contributed by atoms with Gasteiger partial charge in [-0.3, -0.25) is 9.59 Å². The Labute approximate surface area is 134 Å². The van der Waals surface area contributed by atoms with Crippen molar-refractivity contribution in [2.75, 3.05) is 5.32 Å². The highest BCUT2D eigenvalue weighted by molar-refractivity contribution is 5.99. The summed E-state index contributed by atoms with van der Waals surface area (Å²) in [6.07, 6.45) is 2.64. The number of hydrogen-bond donors (Lipinski definition) is 3. The van der Waals surface area contributed by atoms with Crippen LogP contribution in [0, 0.1) is 11.8 Å². The van der Waals surface area contributed by atoms with Crippen LogP contribution in [0.2, 0.25) is 0 Å². The zero-order chi connectivity index (χ0) is 16.6. The van der Waals surface area contributed by atoms with Crippen LogP contribution in [0.25, 0.3) is 0 Å². The molecule has 3 N–H and O–H groups in total. The minimum atomic E-state index is -1.12. The first kappa shape index (κ1) is 15.5. The zero-order valence-corrected chi connectivity index (χ0v) is 13.0. The number of anilines is 1. The van der Waals surface area contributed by atoms with Gasteiger partial charge in [0.05, 0.1) is 0 Å². The molecule has 0 bridgehead atoms. The van der Waals surface area contributed by atoms with Gasteiger partial charge in [0.15, 0.2) is 0 Å². The highest BCUT2D eigenvalue weighted by atomic mass is 16.4. The average Bonchev–Trinajstić information content (AvgIpc) is 3.20. The van der Waals surface area contributed by atoms with Gasteiger partial charge in [0, 0.05) is 17.2 Å². The van der Waals surface area contributed by atoms with Gasteiger partial charge in [0.2, 0.25) is 5.91 Å². The maximum atomic E-state index is 12.2. The molecule has 2 unspecified atom stereocenters. The van der Waals surface area contributed by atoms with Crippen molar-refractivity contribution in [1.29, 1.82) is 0 Å². The summed E-state index contributed by atoms with van der Waals surface area (Å²) in [5.41, 5.74) is -0.0935. The van der Waals surface area contributed by atoms with E-state index < -0.39 is 17.4 Å². The molecule has 2 aliphatic rings. The summed E-state index contributed by atoms with van der Waals surface area (Å²) in [5.74, 6) is -0.851. The minimum Gasteiger partial charge on any atom is -0.480 e. The second-order valence-electron chi connectivity index (χ2n) is 6.58. The normalized spacial score (nSPS) is 24.2. The summed E-state index contributed by atoms with van der Waals surface area (Å²) in [6, 6.07) is 6.51. The van der Waals surface area contributed by atoms with Gasteiger partial charge in [-0.15, -0.1) is 0 Å². The SMILES string of the molecule is CC1CC1C(=O)Nc1ccc(C(=O)NC2(C(=O)O)CCC2)cc1. The number of carboxylic acids is 1. The number of nitrogens with one attached hydrogen (secondary N) is 2. The van der Waals surface area contributed by atoms with Gasteiger partial charge >= 0.3 is 5.97 Å². The lowest BCUT2D eigenvalue weighted by Gasteiger charge is -2.38. The molecule has 0 heterocycles. The Morgan fingerprint density at radius 1 is 1.17 bits per heavy atom. The highest BCUT2D eigenvalue weighted by Crippen LogP contribution is 2.38. The second-order valence-corrected chi connectivity index (χ2v) is 6.58. The predicted octanol–water partition coefficient (Wildman–Crippen LogP) is 2.02. The zero-order valence-electron chi connectivity index (χ0n) is 13.0. The average molecular weight is 316 g/mol. The van der Waals surface area contributed by atoms with Crippen molar-refractivity contribution in [3.05, 3.63) is 29.8 Å². The Balaban J connectivity index is 1.61. The van der Waals surface area contributed by atoms with Crippen LogP contribution in [-0.2, 0) is 9.59 Å². The molecule has 2 amide bonds. The van der Waals surface area contributed by atoms with E-state index in [2.05, 4.69) is 10.6 Å². The summed E-state index contributed by atoms with van der Waals surface area (Å²) in [7, 11) is 0. The van der Waals surface area contributed by atoms with E-state index in [-0.39, 0.29) is 11.8 Å². The van der Waals surface area contributed by atoms with Crippen molar-refractivity contribution in [1.82, 2.24) is 5.32 Å². The van der Waals surface area contributed by atoms with Crippen molar-refractivity contribution in [3.63, 3.8) is 0 Å². The lowest BCUT2D eigenvalue weighted by molar-refractivity contribution is -0.148. The summed E-state index contributed by atoms with van der Waals surface area (Å²) < 4.78 is 0. The topological polar surface area (TPSA) is 95.5 Å². The molecule has 3 rings (SSSR count). The first-order valence-electron chi connectivity index (χ1n) is 7.88. The molecular weight excluding hydrogens is 296 g/mol. The lowest BCUT2D eigenvalue weighted by atomic mass is 9.76. The molecule has 0 radical (unpaired) electrons. The Morgan fingerprint density at radius 3 is 2.22 bits per heavy atom. The van der Waals surface area contributed by atoms with E-state index in [1.165, 1.54) is 0 Å². The van der Waals surface area contributed by atoms with Crippen LogP contribution in [0.5, 0.6) is 0 Å².